The fraction of sp³-hybridized carbons (Fsp3) is 0.231. The highest BCUT2D eigenvalue weighted by Crippen LogP contribution is 2.37. The van der Waals surface area contributed by atoms with Gasteiger partial charge in [0.2, 0.25) is 0 Å². The molecule has 0 N–H and O–H groups in total. The number of hydrogen-bond donors (Lipinski definition) is 0. The van der Waals surface area contributed by atoms with Crippen molar-refractivity contribution in [3.8, 4) is 0 Å². The number of carbonyl (C=O) groups is 2. The summed E-state index contributed by atoms with van der Waals surface area (Å²) in [5.74, 6) is -1.25. The molecular formula is C13H10F3NO2. The number of amides is 2. The normalized spacial score (nSPS) is 15.5. The van der Waals surface area contributed by atoms with Gasteiger partial charge >= 0.3 is 6.18 Å². The highest BCUT2D eigenvalue weighted by atomic mass is 19.4. The van der Waals surface area contributed by atoms with Gasteiger partial charge in [-0.15, -0.1) is 0 Å². The molecule has 1 heterocycles. The molecule has 3 nitrogen and oxygen atoms in total. The molecule has 19 heavy (non-hydrogen) atoms. The number of alkyl halides is 3. The minimum Gasteiger partial charge on any atom is -0.269 e. The maximum absolute atomic E-state index is 12.9. The molecule has 0 fully saturated rings. The lowest BCUT2D eigenvalue weighted by atomic mass is 10.0. The molecular weight excluding hydrogens is 259 g/mol. The zero-order valence-corrected chi connectivity index (χ0v) is 9.99. The average molecular weight is 269 g/mol. The van der Waals surface area contributed by atoms with Crippen molar-refractivity contribution in [2.24, 2.45) is 0 Å². The fourth-order valence-electron chi connectivity index (χ4n) is 2.06. The predicted octanol–water partition coefficient (Wildman–Crippen LogP) is 2.70. The van der Waals surface area contributed by atoms with Gasteiger partial charge in [-0.1, -0.05) is 13.0 Å². The van der Waals surface area contributed by atoms with Crippen LogP contribution in [0.15, 0.2) is 30.4 Å². The molecule has 6 heteroatoms. The second-order valence-electron chi connectivity index (χ2n) is 4.00. The number of benzene rings is 1. The maximum atomic E-state index is 12.9. The number of hydrogen-bond acceptors (Lipinski definition) is 2. The Bertz CT molecular complexity index is 558. The number of rotatable bonds is 2. The molecule has 0 spiro atoms. The molecule has 0 radical (unpaired) electrons. The third-order valence-corrected chi connectivity index (χ3v) is 2.86. The van der Waals surface area contributed by atoms with E-state index in [-0.39, 0.29) is 17.7 Å². The van der Waals surface area contributed by atoms with Crippen LogP contribution in [0.25, 0.3) is 0 Å². The van der Waals surface area contributed by atoms with E-state index in [1.54, 1.807) is 6.92 Å². The van der Waals surface area contributed by atoms with Crippen LogP contribution >= 0.6 is 0 Å². The van der Waals surface area contributed by atoms with Crippen molar-refractivity contribution in [3.05, 3.63) is 41.5 Å². The van der Waals surface area contributed by atoms with Gasteiger partial charge in [-0.25, -0.2) is 4.90 Å². The van der Waals surface area contributed by atoms with Crippen molar-refractivity contribution in [3.63, 3.8) is 0 Å². The predicted molar refractivity (Wildman–Crippen MR) is 62.5 cm³/mol. The Kier molecular flexibility index (Phi) is 3.18. The van der Waals surface area contributed by atoms with E-state index in [1.807, 2.05) is 0 Å². The van der Waals surface area contributed by atoms with E-state index >= 15 is 0 Å². The van der Waals surface area contributed by atoms with Crippen LogP contribution in [0.1, 0.15) is 18.1 Å². The molecule has 0 aromatic heterocycles. The zero-order valence-electron chi connectivity index (χ0n) is 9.99. The number of anilines is 1. The lowest BCUT2D eigenvalue weighted by molar-refractivity contribution is -0.138. The second-order valence-corrected chi connectivity index (χ2v) is 4.00. The van der Waals surface area contributed by atoms with Gasteiger partial charge in [0.15, 0.2) is 0 Å². The van der Waals surface area contributed by atoms with Gasteiger partial charge < -0.3 is 0 Å². The molecule has 0 atom stereocenters. The number of halogens is 3. The molecule has 0 bridgehead atoms. The first-order valence-corrected chi connectivity index (χ1v) is 5.61. The summed E-state index contributed by atoms with van der Waals surface area (Å²) < 4.78 is 38.7. The summed E-state index contributed by atoms with van der Waals surface area (Å²) in [5.41, 5.74) is -0.877. The largest absolute Gasteiger partial charge is 0.416 e. The van der Waals surface area contributed by atoms with Crippen LogP contribution in [0.5, 0.6) is 0 Å². The number of carbonyl (C=O) groups excluding carboxylic acids is 2. The third-order valence-electron chi connectivity index (χ3n) is 2.86. The summed E-state index contributed by atoms with van der Waals surface area (Å²) in [4.78, 5) is 23.9. The van der Waals surface area contributed by atoms with Gasteiger partial charge in [-0.2, -0.15) is 13.2 Å². The smallest absolute Gasteiger partial charge is 0.269 e. The molecule has 2 amide bonds. The third kappa shape index (κ3) is 2.25. The van der Waals surface area contributed by atoms with Crippen molar-refractivity contribution in [1.29, 1.82) is 0 Å². The second kappa shape index (κ2) is 4.53. The molecule has 2 rings (SSSR count). The van der Waals surface area contributed by atoms with Gasteiger partial charge in [0.05, 0.1) is 11.3 Å². The van der Waals surface area contributed by atoms with Gasteiger partial charge in [0, 0.05) is 12.2 Å². The van der Waals surface area contributed by atoms with E-state index in [2.05, 4.69) is 0 Å². The van der Waals surface area contributed by atoms with E-state index in [9.17, 15) is 22.8 Å². The SMILES string of the molecule is CCc1c(N2C(=O)C=CC2=O)cccc1C(F)(F)F. The first kappa shape index (κ1) is 13.3. The van der Waals surface area contributed by atoms with Crippen LogP contribution in [0.4, 0.5) is 18.9 Å². The molecule has 0 saturated carbocycles. The van der Waals surface area contributed by atoms with Gasteiger partial charge in [0.1, 0.15) is 0 Å². The van der Waals surface area contributed by atoms with E-state index in [0.717, 1.165) is 23.1 Å². The standard InChI is InChI=1S/C13H10F3NO2/c1-2-8-9(13(14,15)16)4-3-5-10(8)17-11(18)6-7-12(17)19/h3-7H,2H2,1H3. The molecule has 1 aromatic carbocycles. The minimum absolute atomic E-state index is 0.00248. The zero-order chi connectivity index (χ0) is 14.2. The lowest BCUT2D eigenvalue weighted by Crippen LogP contribution is -2.31. The molecule has 0 saturated heterocycles. The van der Waals surface area contributed by atoms with Crippen LogP contribution in [-0.4, -0.2) is 11.8 Å². The number of nitrogens with zero attached hydrogens (tertiary/aromatic N) is 1. The van der Waals surface area contributed by atoms with Gasteiger partial charge in [0.25, 0.3) is 11.8 Å². The Morgan fingerprint density at radius 3 is 2.16 bits per heavy atom. The van der Waals surface area contributed by atoms with Gasteiger partial charge in [-0.3, -0.25) is 9.59 Å². The average Bonchev–Trinajstić information content (AvgIpc) is 2.67. The Morgan fingerprint density at radius 1 is 1.11 bits per heavy atom. The molecule has 100 valence electrons. The Hall–Kier alpha value is -2.11. The Morgan fingerprint density at radius 2 is 1.68 bits per heavy atom. The minimum atomic E-state index is -4.51. The summed E-state index contributed by atoms with van der Waals surface area (Å²) in [6, 6.07) is 3.48. The maximum Gasteiger partial charge on any atom is 0.416 e. The van der Waals surface area contributed by atoms with Crippen LogP contribution < -0.4 is 4.90 Å². The van der Waals surface area contributed by atoms with Crippen LogP contribution in [0.2, 0.25) is 0 Å². The molecule has 1 aliphatic heterocycles. The summed E-state index contributed by atoms with van der Waals surface area (Å²) >= 11 is 0. The van der Waals surface area contributed by atoms with Crippen LogP contribution in [0.3, 0.4) is 0 Å². The van der Waals surface area contributed by atoms with Crippen LogP contribution in [-0.2, 0) is 22.2 Å². The Balaban J connectivity index is 2.59. The molecule has 0 aliphatic carbocycles. The molecule has 1 aliphatic rings. The lowest BCUT2D eigenvalue weighted by Gasteiger charge is -2.21. The summed E-state index contributed by atoms with van der Waals surface area (Å²) in [6.07, 6.45) is -2.35. The highest BCUT2D eigenvalue weighted by Gasteiger charge is 2.36. The van der Waals surface area contributed by atoms with E-state index < -0.39 is 23.6 Å². The Labute approximate surface area is 107 Å². The van der Waals surface area contributed by atoms with Crippen molar-refractivity contribution < 1.29 is 22.8 Å². The monoisotopic (exact) mass is 269 g/mol. The van der Waals surface area contributed by atoms with E-state index in [1.165, 1.54) is 12.1 Å². The van der Waals surface area contributed by atoms with Crippen molar-refractivity contribution in [2.45, 2.75) is 19.5 Å². The van der Waals surface area contributed by atoms with Crippen molar-refractivity contribution in [1.82, 2.24) is 0 Å². The molecule has 1 aromatic rings. The topological polar surface area (TPSA) is 37.4 Å². The number of imide groups is 1. The highest BCUT2D eigenvalue weighted by molar-refractivity contribution is 6.28. The summed E-state index contributed by atoms with van der Waals surface area (Å²) in [5, 5.41) is 0. The summed E-state index contributed by atoms with van der Waals surface area (Å²) in [7, 11) is 0. The van der Waals surface area contributed by atoms with Crippen LogP contribution in [0, 0.1) is 0 Å². The quantitative estimate of drug-likeness (QED) is 0.774. The van der Waals surface area contributed by atoms with Crippen molar-refractivity contribution in [2.75, 3.05) is 4.90 Å². The fourth-order valence-corrected chi connectivity index (χ4v) is 2.06. The first-order chi connectivity index (χ1) is 8.86. The summed E-state index contributed by atoms with van der Waals surface area (Å²) in [6.45, 7) is 1.55. The van der Waals surface area contributed by atoms with Gasteiger partial charge in [-0.05, 0) is 24.1 Å². The van der Waals surface area contributed by atoms with Crippen molar-refractivity contribution >= 4 is 17.5 Å². The first-order valence-electron chi connectivity index (χ1n) is 5.61. The van der Waals surface area contributed by atoms with E-state index in [4.69, 9.17) is 0 Å². The molecule has 0 unspecified atom stereocenters. The van der Waals surface area contributed by atoms with E-state index in [0.29, 0.717) is 0 Å².